The second-order valence-corrected chi connectivity index (χ2v) is 6.95. The smallest absolute Gasteiger partial charge is 0.207 e. The highest BCUT2D eigenvalue weighted by Gasteiger charge is 2.19. The van der Waals surface area contributed by atoms with Crippen molar-refractivity contribution < 1.29 is 4.79 Å². The Morgan fingerprint density at radius 2 is 2.00 bits per heavy atom. The third kappa shape index (κ3) is 3.42. The summed E-state index contributed by atoms with van der Waals surface area (Å²) < 4.78 is 0. The molecule has 4 nitrogen and oxygen atoms in total. The van der Waals surface area contributed by atoms with Gasteiger partial charge in [0.1, 0.15) is 10.7 Å². The van der Waals surface area contributed by atoms with Gasteiger partial charge >= 0.3 is 0 Å². The Morgan fingerprint density at radius 1 is 1.21 bits per heavy atom. The van der Waals surface area contributed by atoms with Crippen LogP contribution in [0, 0.1) is 13.8 Å². The number of nitrogens with zero attached hydrogens (tertiary/aromatic N) is 1. The molecule has 6 heteroatoms. The summed E-state index contributed by atoms with van der Waals surface area (Å²) in [5, 5.41) is 4.31. The first kappa shape index (κ1) is 16.5. The summed E-state index contributed by atoms with van der Waals surface area (Å²) in [4.78, 5) is 17.4. The van der Waals surface area contributed by atoms with E-state index in [1.54, 1.807) is 12.1 Å². The second-order valence-electron chi connectivity index (χ2n) is 5.52. The molecule has 0 amide bonds. The maximum absolute atomic E-state index is 12.8. The summed E-state index contributed by atoms with van der Waals surface area (Å²) in [5.41, 5.74) is 9.44. The molecule has 0 aliphatic carbocycles. The maximum Gasteiger partial charge on any atom is 0.207 e. The molecule has 1 aromatic heterocycles. The standard InChI is InChI=1S/C18H16ClN3OS/c1-10-6-7-14(11(2)8-10)15(23)16-17(20)22-18(24-16)21-13-5-3-4-12(19)9-13/h3-9H,20H2,1-2H3,(H,21,22). The molecule has 0 fully saturated rings. The summed E-state index contributed by atoms with van der Waals surface area (Å²) in [6.45, 7) is 3.91. The van der Waals surface area contributed by atoms with Crippen LogP contribution in [-0.2, 0) is 0 Å². The van der Waals surface area contributed by atoms with Crippen LogP contribution in [0.15, 0.2) is 42.5 Å². The van der Waals surface area contributed by atoms with E-state index >= 15 is 0 Å². The van der Waals surface area contributed by atoms with Crippen LogP contribution in [0.4, 0.5) is 16.6 Å². The SMILES string of the molecule is Cc1ccc(C(=O)c2sc(Nc3cccc(Cl)c3)nc2N)c(C)c1. The number of carbonyl (C=O) groups excluding carboxylic acids is 1. The van der Waals surface area contributed by atoms with Crippen molar-refractivity contribution in [2.75, 3.05) is 11.1 Å². The van der Waals surface area contributed by atoms with E-state index in [4.69, 9.17) is 17.3 Å². The third-order valence-electron chi connectivity index (χ3n) is 3.56. The molecule has 3 N–H and O–H groups in total. The molecule has 0 aliphatic heterocycles. The number of anilines is 3. The molecule has 3 aromatic rings. The molecule has 24 heavy (non-hydrogen) atoms. The van der Waals surface area contributed by atoms with Crippen molar-refractivity contribution in [1.82, 2.24) is 4.98 Å². The lowest BCUT2D eigenvalue weighted by Gasteiger charge is -2.04. The molecule has 0 unspecified atom stereocenters. The summed E-state index contributed by atoms with van der Waals surface area (Å²) in [6, 6.07) is 13.0. The fraction of sp³-hybridized carbons (Fsp3) is 0.111. The molecule has 122 valence electrons. The molecule has 0 spiro atoms. The first-order valence-corrected chi connectivity index (χ1v) is 8.54. The number of rotatable bonds is 4. The predicted octanol–water partition coefficient (Wildman–Crippen LogP) is 4.97. The fourth-order valence-corrected chi connectivity index (χ4v) is 3.48. The summed E-state index contributed by atoms with van der Waals surface area (Å²) in [5.74, 6) is 0.121. The van der Waals surface area contributed by atoms with Crippen LogP contribution < -0.4 is 11.1 Å². The molecule has 0 aliphatic rings. The largest absolute Gasteiger partial charge is 0.382 e. The Bertz CT molecular complexity index is 920. The first-order valence-electron chi connectivity index (χ1n) is 7.35. The van der Waals surface area contributed by atoms with Crippen molar-refractivity contribution in [2.24, 2.45) is 0 Å². The molecular formula is C18H16ClN3OS. The van der Waals surface area contributed by atoms with E-state index in [0.29, 0.717) is 20.6 Å². The number of hydrogen-bond acceptors (Lipinski definition) is 5. The van der Waals surface area contributed by atoms with Crippen molar-refractivity contribution in [1.29, 1.82) is 0 Å². The predicted molar refractivity (Wildman–Crippen MR) is 101 cm³/mol. The molecule has 0 atom stereocenters. The highest BCUT2D eigenvalue weighted by Crippen LogP contribution is 2.31. The number of hydrogen-bond donors (Lipinski definition) is 2. The zero-order chi connectivity index (χ0) is 17.3. The number of nitrogens with two attached hydrogens (primary N) is 1. The van der Waals surface area contributed by atoms with E-state index in [-0.39, 0.29) is 11.6 Å². The Hall–Kier alpha value is -2.37. The zero-order valence-corrected chi connectivity index (χ0v) is 14.8. The molecular weight excluding hydrogens is 342 g/mol. The monoisotopic (exact) mass is 357 g/mol. The average molecular weight is 358 g/mol. The van der Waals surface area contributed by atoms with E-state index < -0.39 is 0 Å². The van der Waals surface area contributed by atoms with Gasteiger partial charge in [-0.2, -0.15) is 0 Å². The van der Waals surface area contributed by atoms with E-state index in [0.717, 1.165) is 16.8 Å². The number of halogens is 1. The van der Waals surface area contributed by atoms with Crippen molar-refractivity contribution in [3.63, 3.8) is 0 Å². The highest BCUT2D eigenvalue weighted by atomic mass is 35.5. The Kier molecular flexibility index (Phi) is 4.55. The van der Waals surface area contributed by atoms with Crippen LogP contribution in [0.2, 0.25) is 5.02 Å². The third-order valence-corrected chi connectivity index (χ3v) is 4.78. The van der Waals surface area contributed by atoms with E-state index in [1.165, 1.54) is 11.3 Å². The van der Waals surface area contributed by atoms with Gasteiger partial charge in [0, 0.05) is 16.3 Å². The number of nitrogen functional groups attached to an aromatic ring is 1. The zero-order valence-electron chi connectivity index (χ0n) is 13.3. The number of nitrogens with one attached hydrogen (secondary N) is 1. The maximum atomic E-state index is 12.8. The van der Waals surface area contributed by atoms with Crippen LogP contribution in [0.3, 0.4) is 0 Å². The lowest BCUT2D eigenvalue weighted by Crippen LogP contribution is -2.04. The summed E-state index contributed by atoms with van der Waals surface area (Å²) in [7, 11) is 0. The number of ketones is 1. The molecule has 1 heterocycles. The number of aromatic nitrogens is 1. The van der Waals surface area contributed by atoms with Crippen molar-refractivity contribution in [3.8, 4) is 0 Å². The van der Waals surface area contributed by atoms with E-state index in [1.807, 2.05) is 44.2 Å². The Morgan fingerprint density at radius 3 is 2.71 bits per heavy atom. The minimum absolute atomic E-state index is 0.110. The van der Waals surface area contributed by atoms with Gasteiger partial charge < -0.3 is 11.1 Å². The van der Waals surface area contributed by atoms with Crippen LogP contribution in [0.25, 0.3) is 0 Å². The minimum Gasteiger partial charge on any atom is -0.382 e. The number of aryl methyl sites for hydroxylation is 2. The molecule has 0 saturated carbocycles. The van der Waals surface area contributed by atoms with Gasteiger partial charge in [0.2, 0.25) is 5.78 Å². The van der Waals surface area contributed by atoms with Crippen LogP contribution in [0.1, 0.15) is 26.4 Å². The van der Waals surface area contributed by atoms with Crippen molar-refractivity contribution >= 4 is 45.4 Å². The molecule has 2 aromatic carbocycles. The van der Waals surface area contributed by atoms with Gasteiger partial charge in [-0.1, -0.05) is 52.8 Å². The van der Waals surface area contributed by atoms with Crippen molar-refractivity contribution in [3.05, 3.63) is 69.1 Å². The number of thiazole rings is 1. The summed E-state index contributed by atoms with van der Waals surface area (Å²) in [6.07, 6.45) is 0. The van der Waals surface area contributed by atoms with Gasteiger partial charge in [-0.05, 0) is 37.6 Å². The van der Waals surface area contributed by atoms with Gasteiger partial charge in [-0.3, -0.25) is 4.79 Å². The number of benzene rings is 2. The minimum atomic E-state index is -0.110. The number of carbonyl (C=O) groups is 1. The second kappa shape index (κ2) is 6.63. The molecule has 0 saturated heterocycles. The van der Waals surface area contributed by atoms with Gasteiger partial charge in [0.05, 0.1) is 0 Å². The molecule has 3 rings (SSSR count). The highest BCUT2D eigenvalue weighted by molar-refractivity contribution is 7.18. The van der Waals surface area contributed by atoms with Gasteiger partial charge in [-0.15, -0.1) is 0 Å². The van der Waals surface area contributed by atoms with E-state index in [9.17, 15) is 4.79 Å². The van der Waals surface area contributed by atoms with Gasteiger partial charge in [-0.25, -0.2) is 4.98 Å². The first-order chi connectivity index (χ1) is 11.4. The topological polar surface area (TPSA) is 68.0 Å². The van der Waals surface area contributed by atoms with Gasteiger partial charge in [0.15, 0.2) is 5.13 Å². The molecule has 0 bridgehead atoms. The fourth-order valence-electron chi connectivity index (χ4n) is 2.43. The quantitative estimate of drug-likeness (QED) is 0.647. The lowest BCUT2D eigenvalue weighted by molar-refractivity contribution is 0.104. The normalized spacial score (nSPS) is 10.6. The van der Waals surface area contributed by atoms with Gasteiger partial charge in [0.25, 0.3) is 0 Å². The van der Waals surface area contributed by atoms with E-state index in [2.05, 4.69) is 10.3 Å². The Balaban J connectivity index is 1.89. The van der Waals surface area contributed by atoms with Crippen molar-refractivity contribution in [2.45, 2.75) is 13.8 Å². The summed E-state index contributed by atoms with van der Waals surface area (Å²) >= 11 is 7.21. The lowest BCUT2D eigenvalue weighted by atomic mass is 10.0. The van der Waals surface area contributed by atoms with Crippen LogP contribution in [0.5, 0.6) is 0 Å². The Labute approximate surface area is 149 Å². The van der Waals surface area contributed by atoms with Crippen LogP contribution in [-0.4, -0.2) is 10.8 Å². The molecule has 0 radical (unpaired) electrons. The average Bonchev–Trinajstić information content (AvgIpc) is 2.87. The van der Waals surface area contributed by atoms with Crippen LogP contribution >= 0.6 is 22.9 Å².